The molecule has 0 saturated carbocycles. The maximum Gasteiger partial charge on any atom is 0.246 e. The van der Waals surface area contributed by atoms with Gasteiger partial charge in [-0.2, -0.15) is 0 Å². The summed E-state index contributed by atoms with van der Waals surface area (Å²) in [6, 6.07) is 19.5. The summed E-state index contributed by atoms with van der Waals surface area (Å²) in [6.45, 7) is -0.0239. The number of fused-ring (bicyclic) bond motifs is 1. The molecule has 0 aliphatic rings. The Labute approximate surface area is 184 Å². The highest BCUT2D eigenvalue weighted by molar-refractivity contribution is 6.30. The normalized spacial score (nSPS) is 10.6. The van der Waals surface area contributed by atoms with Crippen LogP contribution in [0.2, 0.25) is 5.02 Å². The van der Waals surface area contributed by atoms with Crippen LogP contribution in [0.4, 0.5) is 11.4 Å². The summed E-state index contributed by atoms with van der Waals surface area (Å²) in [7, 11) is 1.69. The van der Waals surface area contributed by atoms with Crippen LogP contribution >= 0.6 is 11.6 Å². The number of hydrogen-bond acceptors (Lipinski definition) is 5. The third kappa shape index (κ3) is 4.39. The lowest BCUT2D eigenvalue weighted by Gasteiger charge is -2.19. The Bertz CT molecular complexity index is 1240. The molecule has 0 spiro atoms. The number of carbonyl (C=O) groups is 2. The van der Waals surface area contributed by atoms with Crippen molar-refractivity contribution in [2.24, 2.45) is 0 Å². The summed E-state index contributed by atoms with van der Waals surface area (Å²) in [6.07, 6.45) is 3.16. The molecule has 0 atom stereocenters. The molecule has 1 amide bonds. The summed E-state index contributed by atoms with van der Waals surface area (Å²) in [5, 5.41) is 3.73. The number of carbonyl (C=O) groups excluding carboxylic acids is 2. The third-order valence-corrected chi connectivity index (χ3v) is 5.16. The zero-order valence-corrected chi connectivity index (χ0v) is 17.5. The lowest BCUT2D eigenvalue weighted by molar-refractivity contribution is -0.116. The molecule has 4 aromatic rings. The molecule has 154 valence electrons. The molecule has 2 aromatic carbocycles. The maximum atomic E-state index is 13.1. The first-order chi connectivity index (χ1) is 15.0. The highest BCUT2D eigenvalue weighted by Gasteiger charge is 2.19. The van der Waals surface area contributed by atoms with Crippen molar-refractivity contribution in [2.75, 3.05) is 23.8 Å². The fraction of sp³-hybridized carbons (Fsp3) is 0.0833. The van der Waals surface area contributed by atoms with Crippen molar-refractivity contribution >= 4 is 45.7 Å². The largest absolute Gasteiger partial charge is 0.374 e. The molecular weight excluding hydrogens is 412 g/mol. The van der Waals surface area contributed by atoms with Gasteiger partial charge in [-0.1, -0.05) is 41.9 Å². The standard InChI is InChI=1S/C24H19ClN4O2/c1-29(18-11-9-17(25)10-12-18)21(30)15-28-22-19(24(31)16-6-3-2-4-7-16)14-27-20-8-5-13-26-23(20)22/h2-14H,15H2,1H3,(H,27,28). The van der Waals surface area contributed by atoms with Gasteiger partial charge in [-0.25, -0.2) is 0 Å². The molecule has 0 bridgehead atoms. The predicted molar refractivity (Wildman–Crippen MR) is 123 cm³/mol. The number of aromatic nitrogens is 2. The van der Waals surface area contributed by atoms with Crippen LogP contribution < -0.4 is 10.2 Å². The first-order valence-corrected chi connectivity index (χ1v) is 10.0. The van der Waals surface area contributed by atoms with Gasteiger partial charge in [-0.05, 0) is 36.4 Å². The summed E-state index contributed by atoms with van der Waals surface area (Å²) in [5.74, 6) is -0.372. The van der Waals surface area contributed by atoms with Crippen LogP contribution in [0.3, 0.4) is 0 Å². The number of likely N-dealkylation sites (N-methyl/N-ethyl adjacent to an activating group) is 1. The Morgan fingerprint density at radius 3 is 2.45 bits per heavy atom. The van der Waals surface area contributed by atoms with E-state index in [2.05, 4.69) is 15.3 Å². The number of nitrogens with zero attached hydrogens (tertiary/aromatic N) is 3. The van der Waals surface area contributed by atoms with Crippen molar-refractivity contribution in [3.05, 3.63) is 95.3 Å². The van der Waals surface area contributed by atoms with Gasteiger partial charge < -0.3 is 10.2 Å². The van der Waals surface area contributed by atoms with Gasteiger partial charge in [0.1, 0.15) is 5.52 Å². The molecule has 31 heavy (non-hydrogen) atoms. The molecule has 2 heterocycles. The van der Waals surface area contributed by atoms with E-state index >= 15 is 0 Å². The Morgan fingerprint density at radius 2 is 1.71 bits per heavy atom. The molecule has 6 nitrogen and oxygen atoms in total. The van der Waals surface area contributed by atoms with Crippen molar-refractivity contribution in [3.63, 3.8) is 0 Å². The second-order valence-corrected chi connectivity index (χ2v) is 7.33. The monoisotopic (exact) mass is 430 g/mol. The van der Waals surface area contributed by atoms with E-state index in [9.17, 15) is 9.59 Å². The van der Waals surface area contributed by atoms with Gasteiger partial charge in [-0.3, -0.25) is 19.6 Å². The first-order valence-electron chi connectivity index (χ1n) is 9.64. The minimum atomic E-state index is -0.193. The van der Waals surface area contributed by atoms with E-state index in [-0.39, 0.29) is 18.2 Å². The molecule has 0 fully saturated rings. The van der Waals surface area contributed by atoms with Crippen LogP contribution in [0.1, 0.15) is 15.9 Å². The number of hydrogen-bond donors (Lipinski definition) is 1. The molecular formula is C24H19ClN4O2. The van der Waals surface area contributed by atoms with Gasteiger partial charge in [-0.15, -0.1) is 0 Å². The second-order valence-electron chi connectivity index (χ2n) is 6.90. The maximum absolute atomic E-state index is 13.1. The highest BCUT2D eigenvalue weighted by Crippen LogP contribution is 2.26. The topological polar surface area (TPSA) is 75.2 Å². The van der Waals surface area contributed by atoms with Crippen LogP contribution in [0, 0.1) is 0 Å². The SMILES string of the molecule is CN(C(=O)CNc1c(C(=O)c2ccccc2)cnc2cccnc12)c1ccc(Cl)cc1. The summed E-state index contributed by atoms with van der Waals surface area (Å²) in [4.78, 5) is 36.2. The van der Waals surface area contributed by atoms with E-state index in [1.165, 1.54) is 11.1 Å². The van der Waals surface area contributed by atoms with E-state index in [0.717, 1.165) is 5.69 Å². The molecule has 0 aliphatic heterocycles. The van der Waals surface area contributed by atoms with Gasteiger partial charge in [0.15, 0.2) is 5.78 Å². The minimum absolute atomic E-state index is 0.0239. The van der Waals surface area contributed by atoms with Gasteiger partial charge >= 0.3 is 0 Å². The van der Waals surface area contributed by atoms with E-state index in [1.807, 2.05) is 12.1 Å². The number of rotatable bonds is 6. The zero-order chi connectivity index (χ0) is 21.8. The van der Waals surface area contributed by atoms with Crippen LogP contribution in [0.15, 0.2) is 79.1 Å². The lowest BCUT2D eigenvalue weighted by atomic mass is 10.0. The van der Waals surface area contributed by atoms with Crippen LogP contribution in [0.25, 0.3) is 11.0 Å². The average molecular weight is 431 g/mol. The minimum Gasteiger partial charge on any atom is -0.374 e. The summed E-state index contributed by atoms with van der Waals surface area (Å²) < 4.78 is 0. The van der Waals surface area contributed by atoms with E-state index in [1.54, 1.807) is 67.8 Å². The van der Waals surface area contributed by atoms with E-state index in [4.69, 9.17) is 11.6 Å². The average Bonchev–Trinajstić information content (AvgIpc) is 2.82. The fourth-order valence-electron chi connectivity index (χ4n) is 3.21. The predicted octanol–water partition coefficient (Wildman–Crippen LogP) is 4.59. The third-order valence-electron chi connectivity index (χ3n) is 4.91. The molecule has 0 aliphatic carbocycles. The van der Waals surface area contributed by atoms with E-state index < -0.39 is 0 Å². The van der Waals surface area contributed by atoms with Crippen molar-refractivity contribution in [1.29, 1.82) is 0 Å². The van der Waals surface area contributed by atoms with E-state index in [0.29, 0.717) is 32.9 Å². The number of nitrogens with one attached hydrogen (secondary N) is 1. The number of pyridine rings is 2. The fourth-order valence-corrected chi connectivity index (χ4v) is 3.33. The molecule has 4 rings (SSSR count). The summed E-state index contributed by atoms with van der Waals surface area (Å²) >= 11 is 5.93. The Kier molecular flexibility index (Phi) is 5.91. The van der Waals surface area contributed by atoms with Gasteiger partial charge in [0.05, 0.1) is 23.3 Å². The zero-order valence-electron chi connectivity index (χ0n) is 16.7. The van der Waals surface area contributed by atoms with Crippen LogP contribution in [-0.4, -0.2) is 35.3 Å². The smallest absolute Gasteiger partial charge is 0.246 e. The Balaban J connectivity index is 1.65. The molecule has 0 saturated heterocycles. The van der Waals surface area contributed by atoms with Crippen molar-refractivity contribution in [3.8, 4) is 0 Å². The van der Waals surface area contributed by atoms with Crippen LogP contribution in [-0.2, 0) is 4.79 Å². The number of ketones is 1. The quantitative estimate of drug-likeness (QED) is 0.453. The van der Waals surface area contributed by atoms with Gasteiger partial charge in [0, 0.05) is 35.7 Å². The number of anilines is 2. The molecule has 1 N–H and O–H groups in total. The van der Waals surface area contributed by atoms with Crippen molar-refractivity contribution in [1.82, 2.24) is 9.97 Å². The number of benzene rings is 2. The summed E-state index contributed by atoms with van der Waals surface area (Å²) in [5.41, 5.74) is 3.26. The molecule has 0 unspecified atom stereocenters. The molecule has 0 radical (unpaired) electrons. The Hall–Kier alpha value is -3.77. The van der Waals surface area contributed by atoms with Gasteiger partial charge in [0.2, 0.25) is 5.91 Å². The number of halogens is 1. The first kappa shape index (κ1) is 20.5. The Morgan fingerprint density at radius 1 is 0.968 bits per heavy atom. The highest BCUT2D eigenvalue weighted by atomic mass is 35.5. The number of amides is 1. The molecule has 7 heteroatoms. The molecule has 2 aromatic heterocycles. The van der Waals surface area contributed by atoms with Crippen molar-refractivity contribution < 1.29 is 9.59 Å². The lowest BCUT2D eigenvalue weighted by Crippen LogP contribution is -2.32. The second kappa shape index (κ2) is 8.93. The van der Waals surface area contributed by atoms with Crippen molar-refractivity contribution in [2.45, 2.75) is 0 Å². The van der Waals surface area contributed by atoms with Gasteiger partial charge in [0.25, 0.3) is 0 Å². The van der Waals surface area contributed by atoms with Crippen LogP contribution in [0.5, 0.6) is 0 Å².